The maximum absolute atomic E-state index is 6.26. The van der Waals surface area contributed by atoms with Crippen LogP contribution in [0.5, 0.6) is 0 Å². The average molecular weight is 481 g/mol. The zero-order valence-electron chi connectivity index (χ0n) is 21.4. The van der Waals surface area contributed by atoms with Crippen molar-refractivity contribution in [2.24, 2.45) is 0 Å². The molecule has 2 heteroatoms. The Bertz CT molecular complexity index is 1830. The number of aryl methyl sites for hydroxylation is 2. The Kier molecular flexibility index (Phi) is 4.97. The number of benzene rings is 5. The lowest BCUT2D eigenvalue weighted by Gasteiger charge is -2.12. The Hall–Kier alpha value is -4.30. The highest BCUT2D eigenvalue weighted by Crippen LogP contribution is 2.39. The molecule has 0 aliphatic carbocycles. The monoisotopic (exact) mass is 480 g/mol. The molecule has 5 aromatic carbocycles. The molecule has 0 amide bonds. The van der Waals surface area contributed by atoms with E-state index in [2.05, 4.69) is 112 Å². The zero-order valence-corrected chi connectivity index (χ0v) is 21.4. The van der Waals surface area contributed by atoms with E-state index in [0.29, 0.717) is 0 Å². The third-order valence-electron chi connectivity index (χ3n) is 7.87. The van der Waals surface area contributed by atoms with Crippen molar-refractivity contribution in [3.05, 3.63) is 108 Å². The second-order valence-electron chi connectivity index (χ2n) is 9.90. The maximum Gasteiger partial charge on any atom is 0.138 e. The fourth-order valence-electron chi connectivity index (χ4n) is 5.87. The lowest BCUT2D eigenvalue weighted by molar-refractivity contribution is 0.663. The Morgan fingerprint density at radius 1 is 0.514 bits per heavy atom. The van der Waals surface area contributed by atoms with Gasteiger partial charge in [0.1, 0.15) is 22.3 Å². The van der Waals surface area contributed by atoms with Gasteiger partial charge in [0.25, 0.3) is 0 Å². The average Bonchev–Trinajstić information content (AvgIpc) is 3.50. The maximum atomic E-state index is 6.26. The minimum atomic E-state index is 0.942. The van der Waals surface area contributed by atoms with Crippen LogP contribution in [0.25, 0.3) is 66.1 Å². The second-order valence-corrected chi connectivity index (χ2v) is 9.90. The summed E-state index contributed by atoms with van der Waals surface area (Å²) < 4.78 is 12.5. The van der Waals surface area contributed by atoms with Crippen LogP contribution in [0.4, 0.5) is 0 Å². The van der Waals surface area contributed by atoms with E-state index in [1.807, 2.05) is 0 Å². The van der Waals surface area contributed by atoms with E-state index in [-0.39, 0.29) is 0 Å². The predicted molar refractivity (Wildman–Crippen MR) is 155 cm³/mol. The molecule has 2 heterocycles. The van der Waals surface area contributed by atoms with Gasteiger partial charge < -0.3 is 8.83 Å². The van der Waals surface area contributed by atoms with Crippen LogP contribution in [0, 0.1) is 6.92 Å². The first-order chi connectivity index (χ1) is 18.2. The molecule has 180 valence electrons. The van der Waals surface area contributed by atoms with Crippen molar-refractivity contribution in [3.8, 4) is 22.3 Å². The van der Waals surface area contributed by atoms with Gasteiger partial charge in [-0.05, 0) is 83.0 Å². The standard InChI is InChI=1S/C35H28O2/c1-4-22-9-6-13-28-30-19-24(15-17-32(30)36-34(22)28)26-11-8-12-27(21(26)3)25-16-18-33-31(20-25)29-14-7-10-23(5-2)35(29)37-33/h6-20H,4-5H2,1-3H3. The fourth-order valence-corrected chi connectivity index (χ4v) is 5.87. The summed E-state index contributed by atoms with van der Waals surface area (Å²) in [5.41, 5.74) is 12.6. The number of fused-ring (bicyclic) bond motifs is 6. The molecule has 0 radical (unpaired) electrons. The normalized spacial score (nSPS) is 11.9. The van der Waals surface area contributed by atoms with Crippen LogP contribution in [0.2, 0.25) is 0 Å². The Morgan fingerprint density at radius 3 is 1.43 bits per heavy atom. The molecule has 0 unspecified atom stereocenters. The van der Waals surface area contributed by atoms with Gasteiger partial charge in [-0.3, -0.25) is 0 Å². The van der Waals surface area contributed by atoms with Crippen LogP contribution in [0.15, 0.2) is 99.8 Å². The molecule has 0 saturated heterocycles. The van der Waals surface area contributed by atoms with E-state index >= 15 is 0 Å². The van der Waals surface area contributed by atoms with Crippen molar-refractivity contribution in [1.82, 2.24) is 0 Å². The Balaban J connectivity index is 1.38. The topological polar surface area (TPSA) is 26.3 Å². The highest BCUT2D eigenvalue weighted by atomic mass is 16.3. The summed E-state index contributed by atoms with van der Waals surface area (Å²) in [5.74, 6) is 0. The molecule has 0 fully saturated rings. The summed E-state index contributed by atoms with van der Waals surface area (Å²) in [7, 11) is 0. The molecule has 2 aromatic heterocycles. The van der Waals surface area contributed by atoms with Gasteiger partial charge in [-0.15, -0.1) is 0 Å². The third-order valence-corrected chi connectivity index (χ3v) is 7.87. The molecule has 0 spiro atoms. The van der Waals surface area contributed by atoms with Gasteiger partial charge in [0.15, 0.2) is 0 Å². The molecule has 7 aromatic rings. The number of rotatable bonds is 4. The van der Waals surface area contributed by atoms with Gasteiger partial charge in [-0.1, -0.05) is 80.6 Å². The molecule has 0 atom stereocenters. The summed E-state index contributed by atoms with van der Waals surface area (Å²) in [4.78, 5) is 0. The first kappa shape index (κ1) is 21.9. The molecular weight excluding hydrogens is 452 g/mol. The summed E-state index contributed by atoms with van der Waals surface area (Å²) in [6.45, 7) is 6.58. The molecule has 0 aliphatic heterocycles. The van der Waals surface area contributed by atoms with Crippen LogP contribution in [0.3, 0.4) is 0 Å². The van der Waals surface area contributed by atoms with E-state index in [4.69, 9.17) is 8.83 Å². The Labute approximate surface area is 216 Å². The van der Waals surface area contributed by atoms with Crippen molar-refractivity contribution in [2.45, 2.75) is 33.6 Å². The number of hydrogen-bond acceptors (Lipinski definition) is 2. The lowest BCUT2D eigenvalue weighted by Crippen LogP contribution is -1.88. The summed E-state index contributed by atoms with van der Waals surface area (Å²) in [5, 5.41) is 4.72. The minimum Gasteiger partial charge on any atom is -0.456 e. The first-order valence-corrected chi connectivity index (χ1v) is 13.1. The summed E-state index contributed by atoms with van der Waals surface area (Å²) >= 11 is 0. The van der Waals surface area contributed by atoms with Crippen molar-refractivity contribution >= 4 is 43.9 Å². The van der Waals surface area contributed by atoms with Gasteiger partial charge in [-0.25, -0.2) is 0 Å². The van der Waals surface area contributed by atoms with E-state index in [9.17, 15) is 0 Å². The largest absolute Gasteiger partial charge is 0.456 e. The predicted octanol–water partition coefficient (Wildman–Crippen LogP) is 10.3. The van der Waals surface area contributed by atoms with Crippen molar-refractivity contribution in [3.63, 3.8) is 0 Å². The minimum absolute atomic E-state index is 0.942. The quantitative estimate of drug-likeness (QED) is 0.250. The molecule has 0 N–H and O–H groups in total. The summed E-state index contributed by atoms with van der Waals surface area (Å²) in [6, 6.07) is 32.7. The van der Waals surface area contributed by atoms with Crippen LogP contribution in [-0.2, 0) is 12.8 Å². The van der Waals surface area contributed by atoms with E-state index in [1.54, 1.807) is 0 Å². The molecule has 0 saturated carbocycles. The number of para-hydroxylation sites is 2. The SMILES string of the molecule is CCc1cccc2c1oc1ccc(-c3cccc(-c4ccc5oc6c(CC)cccc6c5c4)c3C)cc12. The van der Waals surface area contributed by atoms with Gasteiger partial charge in [-0.2, -0.15) is 0 Å². The zero-order chi connectivity index (χ0) is 25.1. The molecule has 0 aliphatic rings. The first-order valence-electron chi connectivity index (χ1n) is 13.1. The lowest BCUT2D eigenvalue weighted by atomic mass is 9.91. The number of hydrogen-bond donors (Lipinski definition) is 0. The molecule has 7 rings (SSSR count). The van der Waals surface area contributed by atoms with Crippen LogP contribution >= 0.6 is 0 Å². The highest BCUT2D eigenvalue weighted by Gasteiger charge is 2.15. The smallest absolute Gasteiger partial charge is 0.138 e. The van der Waals surface area contributed by atoms with Gasteiger partial charge in [0.2, 0.25) is 0 Å². The van der Waals surface area contributed by atoms with Gasteiger partial charge >= 0.3 is 0 Å². The van der Waals surface area contributed by atoms with Crippen molar-refractivity contribution < 1.29 is 8.83 Å². The third kappa shape index (κ3) is 3.33. The molecule has 2 nitrogen and oxygen atoms in total. The highest BCUT2D eigenvalue weighted by molar-refractivity contribution is 6.08. The van der Waals surface area contributed by atoms with Crippen LogP contribution < -0.4 is 0 Å². The van der Waals surface area contributed by atoms with E-state index in [0.717, 1.165) is 35.2 Å². The van der Waals surface area contributed by atoms with E-state index < -0.39 is 0 Å². The van der Waals surface area contributed by atoms with E-state index in [1.165, 1.54) is 60.5 Å². The molecular formula is C35H28O2. The fraction of sp³-hybridized carbons (Fsp3) is 0.143. The summed E-state index contributed by atoms with van der Waals surface area (Å²) in [6.07, 6.45) is 1.92. The molecule has 0 bridgehead atoms. The van der Waals surface area contributed by atoms with Gasteiger partial charge in [0, 0.05) is 21.5 Å². The van der Waals surface area contributed by atoms with Crippen molar-refractivity contribution in [1.29, 1.82) is 0 Å². The second kappa shape index (κ2) is 8.38. The van der Waals surface area contributed by atoms with Gasteiger partial charge in [0.05, 0.1) is 0 Å². The van der Waals surface area contributed by atoms with Crippen LogP contribution in [-0.4, -0.2) is 0 Å². The van der Waals surface area contributed by atoms with Crippen molar-refractivity contribution in [2.75, 3.05) is 0 Å². The molecule has 37 heavy (non-hydrogen) atoms. The van der Waals surface area contributed by atoms with Crippen LogP contribution in [0.1, 0.15) is 30.5 Å². The number of furan rings is 2. The Morgan fingerprint density at radius 2 is 0.973 bits per heavy atom.